The number of hydrogen-bond donors (Lipinski definition) is 1. The van der Waals surface area contributed by atoms with Gasteiger partial charge in [0.1, 0.15) is 11.3 Å². The molecule has 0 saturated heterocycles. The van der Waals surface area contributed by atoms with Gasteiger partial charge in [0.25, 0.3) is 0 Å². The minimum absolute atomic E-state index is 0.0888. The van der Waals surface area contributed by atoms with Crippen LogP contribution in [0.1, 0.15) is 24.3 Å². The molecule has 3 aromatic rings. The summed E-state index contributed by atoms with van der Waals surface area (Å²) in [4.78, 5) is 0. The van der Waals surface area contributed by atoms with E-state index in [0.717, 1.165) is 28.3 Å². The number of furan rings is 1. The molecule has 2 aromatic heterocycles. The Morgan fingerprint density at radius 2 is 2.20 bits per heavy atom. The summed E-state index contributed by atoms with van der Waals surface area (Å²) < 4.78 is 7.26. The van der Waals surface area contributed by atoms with Crippen LogP contribution < -0.4 is 5.32 Å². The third-order valence-corrected chi connectivity index (χ3v) is 5.15. The second-order valence-electron chi connectivity index (χ2n) is 4.51. The van der Waals surface area contributed by atoms with Crippen LogP contribution in [0.25, 0.3) is 11.0 Å². The summed E-state index contributed by atoms with van der Waals surface area (Å²) in [5, 5.41) is 7.43. The fourth-order valence-corrected chi connectivity index (χ4v) is 3.82. The number of benzene rings is 1. The first-order valence-electron chi connectivity index (χ1n) is 6.33. The van der Waals surface area contributed by atoms with E-state index in [1.807, 2.05) is 18.2 Å². The average Bonchev–Trinajstić information content (AvgIpc) is 3.01. The van der Waals surface area contributed by atoms with Gasteiger partial charge in [-0.25, -0.2) is 0 Å². The Balaban J connectivity index is 2.04. The van der Waals surface area contributed by atoms with E-state index in [0.29, 0.717) is 0 Å². The van der Waals surface area contributed by atoms with Crippen molar-refractivity contribution >= 4 is 56.5 Å². The molecular formula is C15H13ClINOS. The Kier molecular flexibility index (Phi) is 4.35. The molecule has 0 fully saturated rings. The van der Waals surface area contributed by atoms with Crippen molar-refractivity contribution in [2.45, 2.75) is 13.0 Å². The third kappa shape index (κ3) is 2.88. The van der Waals surface area contributed by atoms with E-state index >= 15 is 0 Å². The molecule has 5 heteroatoms. The smallest absolute Gasteiger partial charge is 0.134 e. The lowest BCUT2D eigenvalue weighted by Gasteiger charge is -2.13. The van der Waals surface area contributed by atoms with Gasteiger partial charge in [-0.1, -0.05) is 18.5 Å². The molecule has 1 aromatic carbocycles. The van der Waals surface area contributed by atoms with Crippen molar-refractivity contribution < 1.29 is 4.42 Å². The van der Waals surface area contributed by atoms with Gasteiger partial charge in [-0.3, -0.25) is 0 Å². The molecule has 0 aliphatic heterocycles. The molecule has 2 nitrogen and oxygen atoms in total. The van der Waals surface area contributed by atoms with Crippen molar-refractivity contribution in [3.05, 3.63) is 54.9 Å². The van der Waals surface area contributed by atoms with Crippen LogP contribution in [0.3, 0.4) is 0 Å². The minimum Gasteiger partial charge on any atom is -0.459 e. The third-order valence-electron chi connectivity index (χ3n) is 3.11. The minimum atomic E-state index is 0.0888. The van der Waals surface area contributed by atoms with Crippen LogP contribution in [0.4, 0.5) is 0 Å². The zero-order valence-electron chi connectivity index (χ0n) is 10.8. The number of nitrogens with one attached hydrogen (secondary N) is 1. The van der Waals surface area contributed by atoms with Crippen molar-refractivity contribution in [1.29, 1.82) is 0 Å². The lowest BCUT2D eigenvalue weighted by atomic mass is 10.1. The van der Waals surface area contributed by atoms with Gasteiger partial charge in [0.15, 0.2) is 0 Å². The van der Waals surface area contributed by atoms with Gasteiger partial charge < -0.3 is 9.73 Å². The predicted octanol–water partition coefficient (Wildman–Crippen LogP) is 5.45. The molecule has 1 atom stereocenters. The zero-order chi connectivity index (χ0) is 14.1. The van der Waals surface area contributed by atoms with Crippen LogP contribution in [-0.2, 0) is 0 Å². The monoisotopic (exact) mass is 417 g/mol. The molecule has 0 bridgehead atoms. The lowest BCUT2D eigenvalue weighted by Crippen LogP contribution is -2.20. The quantitative estimate of drug-likeness (QED) is 0.571. The zero-order valence-corrected chi connectivity index (χ0v) is 14.6. The van der Waals surface area contributed by atoms with Gasteiger partial charge in [0.2, 0.25) is 0 Å². The lowest BCUT2D eigenvalue weighted by molar-refractivity contribution is 0.478. The highest BCUT2D eigenvalue weighted by Crippen LogP contribution is 2.32. The molecular weight excluding hydrogens is 405 g/mol. The van der Waals surface area contributed by atoms with Crippen LogP contribution in [-0.4, -0.2) is 6.54 Å². The number of rotatable bonds is 4. The number of halogens is 2. The Labute approximate surface area is 140 Å². The van der Waals surface area contributed by atoms with Crippen molar-refractivity contribution in [2.75, 3.05) is 6.54 Å². The molecule has 20 heavy (non-hydrogen) atoms. The molecule has 0 saturated carbocycles. The Bertz CT molecular complexity index is 736. The van der Waals surface area contributed by atoms with Gasteiger partial charge in [0, 0.05) is 10.4 Å². The summed E-state index contributed by atoms with van der Waals surface area (Å²) >= 11 is 10.1. The number of fused-ring (bicyclic) bond motifs is 1. The molecule has 3 rings (SSSR count). The molecule has 0 amide bonds. The van der Waals surface area contributed by atoms with Gasteiger partial charge in [-0.15, -0.1) is 11.3 Å². The van der Waals surface area contributed by atoms with Gasteiger partial charge >= 0.3 is 0 Å². The summed E-state index contributed by atoms with van der Waals surface area (Å²) in [6.07, 6.45) is 0. The molecule has 0 spiro atoms. The predicted molar refractivity (Wildman–Crippen MR) is 93.8 cm³/mol. The summed E-state index contributed by atoms with van der Waals surface area (Å²) in [6.45, 7) is 2.98. The summed E-state index contributed by atoms with van der Waals surface area (Å²) in [5.41, 5.74) is 2.11. The van der Waals surface area contributed by atoms with Crippen LogP contribution in [0.5, 0.6) is 0 Å². The van der Waals surface area contributed by atoms with E-state index in [4.69, 9.17) is 16.0 Å². The molecule has 2 heterocycles. The van der Waals surface area contributed by atoms with Crippen molar-refractivity contribution in [3.8, 4) is 0 Å². The average molecular weight is 418 g/mol. The summed E-state index contributed by atoms with van der Waals surface area (Å²) in [5.74, 6) is 0.929. The summed E-state index contributed by atoms with van der Waals surface area (Å²) in [6, 6.07) is 10.1. The number of hydrogen-bond acceptors (Lipinski definition) is 3. The van der Waals surface area contributed by atoms with Crippen molar-refractivity contribution in [1.82, 2.24) is 5.32 Å². The van der Waals surface area contributed by atoms with E-state index in [2.05, 4.69) is 52.3 Å². The highest BCUT2D eigenvalue weighted by atomic mass is 127. The fourth-order valence-electron chi connectivity index (χ4n) is 2.24. The van der Waals surface area contributed by atoms with E-state index < -0.39 is 0 Å². The van der Waals surface area contributed by atoms with Crippen LogP contribution in [0, 0.1) is 2.88 Å². The van der Waals surface area contributed by atoms with E-state index in [1.165, 1.54) is 8.45 Å². The van der Waals surface area contributed by atoms with Gasteiger partial charge in [-0.05, 0) is 70.4 Å². The molecule has 0 radical (unpaired) electrons. The standard InChI is InChI=1S/C15H13ClINOS/c1-2-18-15(10-7-14(17)20-8-10)13-6-9-5-11(16)3-4-12(9)19-13/h3-8,15,18H,2H2,1H3. The van der Waals surface area contributed by atoms with Crippen LogP contribution in [0.2, 0.25) is 5.02 Å². The Hall–Kier alpha value is -0.560. The van der Waals surface area contributed by atoms with Crippen LogP contribution >= 0.6 is 45.5 Å². The molecule has 104 valence electrons. The van der Waals surface area contributed by atoms with Gasteiger partial charge in [-0.2, -0.15) is 0 Å². The second kappa shape index (κ2) is 6.05. The fraction of sp³-hybridized carbons (Fsp3) is 0.200. The van der Waals surface area contributed by atoms with Gasteiger partial charge in [0.05, 0.1) is 8.93 Å². The van der Waals surface area contributed by atoms with E-state index in [9.17, 15) is 0 Å². The maximum atomic E-state index is 6.03. The normalized spacial score (nSPS) is 12.9. The largest absolute Gasteiger partial charge is 0.459 e. The molecule has 0 aliphatic rings. The summed E-state index contributed by atoms with van der Waals surface area (Å²) in [7, 11) is 0. The highest BCUT2D eigenvalue weighted by molar-refractivity contribution is 14.1. The Morgan fingerprint density at radius 3 is 2.90 bits per heavy atom. The van der Waals surface area contributed by atoms with E-state index in [1.54, 1.807) is 11.3 Å². The Morgan fingerprint density at radius 1 is 1.35 bits per heavy atom. The first-order chi connectivity index (χ1) is 9.67. The maximum Gasteiger partial charge on any atom is 0.134 e. The second-order valence-corrected chi connectivity index (χ2v) is 7.75. The first-order valence-corrected chi connectivity index (χ1v) is 8.67. The number of thiophene rings is 1. The maximum absolute atomic E-state index is 6.03. The first kappa shape index (κ1) is 14.4. The van der Waals surface area contributed by atoms with Crippen molar-refractivity contribution in [3.63, 3.8) is 0 Å². The van der Waals surface area contributed by atoms with E-state index in [-0.39, 0.29) is 6.04 Å². The molecule has 1 N–H and O–H groups in total. The molecule has 1 unspecified atom stereocenters. The SMILES string of the molecule is CCNC(c1csc(I)c1)c1cc2cc(Cl)ccc2o1. The highest BCUT2D eigenvalue weighted by Gasteiger charge is 2.19. The van der Waals surface area contributed by atoms with Crippen molar-refractivity contribution in [2.24, 2.45) is 0 Å². The topological polar surface area (TPSA) is 25.2 Å². The molecule has 0 aliphatic carbocycles. The van der Waals surface area contributed by atoms with Crippen LogP contribution in [0.15, 0.2) is 40.1 Å².